The zero-order valence-corrected chi connectivity index (χ0v) is 18.9. The smallest absolute Gasteiger partial charge is 0.326 e. The molecule has 0 aromatic heterocycles. The molecule has 2 atom stereocenters. The summed E-state index contributed by atoms with van der Waals surface area (Å²) >= 11 is 0. The summed E-state index contributed by atoms with van der Waals surface area (Å²) in [5.41, 5.74) is 13.7. The van der Waals surface area contributed by atoms with E-state index in [1.807, 2.05) is 0 Å². The van der Waals surface area contributed by atoms with E-state index in [0.29, 0.717) is 0 Å². The first-order chi connectivity index (χ1) is 16.8. The number of aliphatic imine (C=N–C) groups is 2. The van der Waals surface area contributed by atoms with Crippen molar-refractivity contribution in [1.29, 1.82) is 0 Å². The lowest BCUT2D eigenvalue weighted by Crippen LogP contribution is -2.43. The average Bonchev–Trinajstić information content (AvgIpc) is 2.75. The van der Waals surface area contributed by atoms with Crippen LogP contribution >= 0.6 is 0 Å². The fourth-order valence-corrected chi connectivity index (χ4v) is 2.52. The number of carbonyl (C=O) groups excluding carboxylic acids is 2. The molecule has 0 aliphatic heterocycles. The molecule has 36 heavy (non-hydrogen) atoms. The maximum atomic E-state index is 12.0. The van der Waals surface area contributed by atoms with E-state index in [-0.39, 0.29) is 38.8 Å². The monoisotopic (exact) mass is 520 g/mol. The van der Waals surface area contributed by atoms with Gasteiger partial charge in [-0.05, 0) is 25.7 Å². The van der Waals surface area contributed by atoms with Crippen LogP contribution in [0.1, 0.15) is 38.5 Å². The molecule has 0 spiro atoms. The van der Waals surface area contributed by atoms with Gasteiger partial charge in [-0.15, -0.1) is 0 Å². The SMILES string of the molecule is NC(=NCCC[C@H](NC(=O)CCC(=O)N[C@@H](CCCN=C(N)N[N+](=O)[O-])C(=O)O)C(=O)O)N[N+](=O)[O-]. The standard InChI is InChI=1S/C16H28N10O10/c17-15(23-25(33)34)19-7-1-3-9(13(29)30)21-11(27)5-6-12(28)22-10(14(31)32)4-2-8-20-16(18)24-26(35)36/h9-10H,1-8H2,(H,21,27)(H,22,28)(H,29,30)(H,31,32)(H3,17,19,23)(H3,18,20,24)/t9-,10-/m0/s1. The van der Waals surface area contributed by atoms with Gasteiger partial charge in [0.05, 0.1) is 0 Å². The Morgan fingerprint density at radius 3 is 1.36 bits per heavy atom. The van der Waals surface area contributed by atoms with E-state index in [4.69, 9.17) is 11.5 Å². The Hall–Kier alpha value is -4.78. The molecule has 20 nitrogen and oxygen atoms in total. The predicted molar refractivity (Wildman–Crippen MR) is 120 cm³/mol. The summed E-state index contributed by atoms with van der Waals surface area (Å²) in [7, 11) is 0. The predicted octanol–water partition coefficient (Wildman–Crippen LogP) is -3.34. The molecular formula is C16H28N10O10. The van der Waals surface area contributed by atoms with Crippen molar-refractivity contribution >= 4 is 35.7 Å². The van der Waals surface area contributed by atoms with Crippen molar-refractivity contribution in [1.82, 2.24) is 21.5 Å². The van der Waals surface area contributed by atoms with Crippen molar-refractivity contribution in [3.8, 4) is 0 Å². The highest BCUT2D eigenvalue weighted by atomic mass is 16.7. The van der Waals surface area contributed by atoms with Crippen molar-refractivity contribution < 1.29 is 39.5 Å². The molecular weight excluding hydrogens is 492 g/mol. The first kappa shape index (κ1) is 31.2. The molecule has 0 heterocycles. The normalized spacial score (nSPS) is 13.1. The van der Waals surface area contributed by atoms with Gasteiger partial charge in [0.1, 0.15) is 12.1 Å². The van der Waals surface area contributed by atoms with Gasteiger partial charge in [0.2, 0.25) is 11.8 Å². The van der Waals surface area contributed by atoms with Gasteiger partial charge in [-0.2, -0.15) is 0 Å². The van der Waals surface area contributed by atoms with E-state index < -0.39 is 70.7 Å². The van der Waals surface area contributed by atoms with Crippen molar-refractivity contribution in [2.75, 3.05) is 13.1 Å². The molecule has 0 aliphatic rings. The maximum absolute atomic E-state index is 12.0. The largest absolute Gasteiger partial charge is 0.480 e. The quantitative estimate of drug-likeness (QED) is 0.0305. The minimum Gasteiger partial charge on any atom is -0.480 e. The number of carboxylic acid groups (broad SMARTS) is 2. The summed E-state index contributed by atoms with van der Waals surface area (Å²) in [4.78, 5) is 74.3. The highest BCUT2D eigenvalue weighted by Crippen LogP contribution is 2.03. The number of carboxylic acids is 2. The molecule has 10 N–H and O–H groups in total. The Labute approximate surface area is 202 Å². The molecule has 0 aromatic carbocycles. The molecule has 2 amide bonds. The Morgan fingerprint density at radius 1 is 0.750 bits per heavy atom. The number of hydrazine groups is 2. The molecule has 0 aliphatic carbocycles. The van der Waals surface area contributed by atoms with Crippen molar-refractivity contribution in [3.05, 3.63) is 20.2 Å². The van der Waals surface area contributed by atoms with E-state index in [2.05, 4.69) is 20.6 Å². The molecule has 0 aromatic rings. The van der Waals surface area contributed by atoms with Gasteiger partial charge in [-0.1, -0.05) is 10.9 Å². The van der Waals surface area contributed by atoms with Crippen LogP contribution in [0.15, 0.2) is 9.98 Å². The van der Waals surface area contributed by atoms with Gasteiger partial charge in [0.25, 0.3) is 11.9 Å². The van der Waals surface area contributed by atoms with Crippen LogP contribution in [-0.4, -0.2) is 81.1 Å². The number of nitrogens with one attached hydrogen (secondary N) is 4. The number of nitrogens with zero attached hydrogens (tertiary/aromatic N) is 4. The second kappa shape index (κ2) is 16.8. The van der Waals surface area contributed by atoms with Gasteiger partial charge in [-0.25, -0.2) is 39.8 Å². The second-order valence-electron chi connectivity index (χ2n) is 6.97. The van der Waals surface area contributed by atoms with Crippen molar-refractivity contribution in [2.45, 2.75) is 50.6 Å². The third-order valence-corrected chi connectivity index (χ3v) is 4.12. The number of amides is 2. The molecule has 20 heteroatoms. The lowest BCUT2D eigenvalue weighted by Gasteiger charge is -2.15. The van der Waals surface area contributed by atoms with Gasteiger partial charge in [0.15, 0.2) is 10.1 Å². The number of aliphatic carboxylic acids is 2. The Morgan fingerprint density at radius 2 is 1.08 bits per heavy atom. The molecule has 0 bridgehead atoms. The summed E-state index contributed by atoms with van der Waals surface area (Å²) in [6, 6.07) is -2.63. The zero-order valence-electron chi connectivity index (χ0n) is 18.9. The third-order valence-electron chi connectivity index (χ3n) is 4.12. The first-order valence-corrected chi connectivity index (χ1v) is 10.3. The van der Waals surface area contributed by atoms with E-state index in [9.17, 15) is 49.6 Å². The summed E-state index contributed by atoms with van der Waals surface area (Å²) in [6.07, 6.45) is -0.756. The molecule has 0 fully saturated rings. The molecule has 202 valence electrons. The Kier molecular flexibility index (Phi) is 14.5. The molecule has 0 saturated heterocycles. The summed E-state index contributed by atoms with van der Waals surface area (Å²) in [6.45, 7) is -0.0924. The zero-order chi connectivity index (χ0) is 27.7. The number of carbonyl (C=O) groups is 4. The molecule has 0 rings (SSSR count). The lowest BCUT2D eigenvalue weighted by atomic mass is 10.1. The van der Waals surface area contributed by atoms with E-state index >= 15 is 0 Å². The van der Waals surface area contributed by atoms with E-state index in [1.54, 1.807) is 10.9 Å². The topological polar surface area (TPSA) is 320 Å². The fourth-order valence-electron chi connectivity index (χ4n) is 2.52. The summed E-state index contributed by atoms with van der Waals surface area (Å²) < 4.78 is 0. The van der Waals surface area contributed by atoms with Crippen LogP contribution in [0.4, 0.5) is 0 Å². The van der Waals surface area contributed by atoms with E-state index in [1.165, 1.54) is 0 Å². The highest BCUT2D eigenvalue weighted by molar-refractivity contribution is 5.88. The Balaban J connectivity index is 4.51. The van der Waals surface area contributed by atoms with Crippen molar-refractivity contribution in [2.24, 2.45) is 21.5 Å². The number of rotatable bonds is 17. The third kappa shape index (κ3) is 15.9. The molecule has 0 unspecified atom stereocenters. The highest BCUT2D eigenvalue weighted by Gasteiger charge is 2.22. The van der Waals surface area contributed by atoms with Crippen molar-refractivity contribution in [3.63, 3.8) is 0 Å². The minimum atomic E-state index is -1.35. The van der Waals surface area contributed by atoms with Crippen LogP contribution < -0.4 is 33.0 Å². The van der Waals surface area contributed by atoms with Crippen LogP contribution in [0.25, 0.3) is 0 Å². The van der Waals surface area contributed by atoms with Crippen LogP contribution in [0, 0.1) is 20.2 Å². The number of hydrogen-bond acceptors (Lipinski definition) is 10. The van der Waals surface area contributed by atoms with Gasteiger partial charge in [0, 0.05) is 25.9 Å². The Bertz CT molecular complexity index is 808. The number of guanidine groups is 2. The fraction of sp³-hybridized carbons (Fsp3) is 0.625. The summed E-state index contributed by atoms with van der Waals surface area (Å²) in [5.74, 6) is -5.18. The molecule has 0 radical (unpaired) electrons. The number of hydrogen-bond donors (Lipinski definition) is 8. The van der Waals surface area contributed by atoms with Crippen LogP contribution in [-0.2, 0) is 19.2 Å². The summed E-state index contributed by atoms with van der Waals surface area (Å²) in [5, 5.41) is 41.4. The molecule has 0 saturated carbocycles. The van der Waals surface area contributed by atoms with E-state index in [0.717, 1.165) is 0 Å². The van der Waals surface area contributed by atoms with Gasteiger partial charge < -0.3 is 32.3 Å². The number of nitrogens with two attached hydrogens (primary N) is 2. The van der Waals surface area contributed by atoms with Crippen LogP contribution in [0.2, 0.25) is 0 Å². The first-order valence-electron chi connectivity index (χ1n) is 10.3. The number of nitro groups is 2. The van der Waals surface area contributed by atoms with Crippen LogP contribution in [0.5, 0.6) is 0 Å². The van der Waals surface area contributed by atoms with Gasteiger partial charge in [-0.3, -0.25) is 9.59 Å². The van der Waals surface area contributed by atoms with Gasteiger partial charge >= 0.3 is 11.9 Å². The minimum absolute atomic E-state index is 0.0462. The second-order valence-corrected chi connectivity index (χ2v) is 6.97. The average molecular weight is 520 g/mol. The lowest BCUT2D eigenvalue weighted by molar-refractivity contribution is -0.525. The maximum Gasteiger partial charge on any atom is 0.326 e. The van der Waals surface area contributed by atoms with Crippen LogP contribution in [0.3, 0.4) is 0 Å².